The van der Waals surface area contributed by atoms with Crippen molar-refractivity contribution in [3.05, 3.63) is 30.3 Å². The molecular formula is C9H12S. The summed E-state index contributed by atoms with van der Waals surface area (Å²) in [4.78, 5) is 1.31. The third-order valence-electron chi connectivity index (χ3n) is 1.16. The first-order valence-corrected chi connectivity index (χ1v) is 4.39. The molecule has 0 nitrogen and oxygen atoms in total. The van der Waals surface area contributed by atoms with Crippen LogP contribution in [0, 0.1) is 0 Å². The van der Waals surface area contributed by atoms with Gasteiger partial charge in [-0.1, -0.05) is 25.1 Å². The Morgan fingerprint density at radius 1 is 1.40 bits per heavy atom. The van der Waals surface area contributed by atoms with Crippen LogP contribution < -0.4 is 0 Å². The molecule has 0 saturated heterocycles. The molecule has 0 heterocycles. The van der Waals surface area contributed by atoms with Crippen LogP contribution in [-0.2, 0) is 0 Å². The maximum absolute atomic E-state index is 6.96. The molecule has 1 aromatic carbocycles. The van der Waals surface area contributed by atoms with Crippen LogP contribution in [0.2, 0.25) is 0 Å². The van der Waals surface area contributed by atoms with E-state index in [0.717, 1.165) is 12.2 Å². The maximum Gasteiger partial charge on any atom is 0.0231 e. The molecule has 0 unspecified atom stereocenters. The summed E-state index contributed by atoms with van der Waals surface area (Å²) in [6.07, 6.45) is 0.986. The average molecular weight is 153 g/mol. The molecule has 10 heavy (non-hydrogen) atoms. The van der Waals surface area contributed by atoms with Crippen molar-refractivity contribution in [2.24, 2.45) is 0 Å². The van der Waals surface area contributed by atoms with Gasteiger partial charge in [0, 0.05) is 6.27 Å². The minimum atomic E-state index is 0.542. The molecule has 0 N–H and O–H groups in total. The van der Waals surface area contributed by atoms with Crippen LogP contribution in [0.3, 0.4) is 0 Å². The lowest BCUT2D eigenvalue weighted by molar-refractivity contribution is 1.10. The third-order valence-corrected chi connectivity index (χ3v) is 2.25. The zero-order valence-electron chi connectivity index (χ0n) is 6.92. The van der Waals surface area contributed by atoms with E-state index < -0.39 is 0 Å². The molecule has 0 atom stereocenters. The Morgan fingerprint density at radius 2 is 2.20 bits per heavy atom. The van der Waals surface area contributed by atoms with Crippen molar-refractivity contribution in [3.8, 4) is 0 Å². The molecule has 0 aromatic heterocycles. The highest BCUT2D eigenvalue weighted by Crippen LogP contribution is 2.16. The average Bonchev–Trinajstić information content (AvgIpc) is 2.07. The number of hydrogen-bond acceptors (Lipinski definition) is 1. The summed E-state index contributed by atoms with van der Waals surface area (Å²) in [6.45, 7) is 0.542. The van der Waals surface area contributed by atoms with Crippen LogP contribution in [0.4, 0.5) is 0 Å². The normalized spacial score (nSPS) is 11.0. The SMILES string of the molecule is [2H]CCCSc1ccccc1. The van der Waals surface area contributed by atoms with Crippen LogP contribution in [0.25, 0.3) is 0 Å². The zero-order chi connectivity index (χ0) is 7.94. The van der Waals surface area contributed by atoms with Gasteiger partial charge in [-0.25, -0.2) is 0 Å². The largest absolute Gasteiger partial charge is 0.126 e. The first-order valence-electron chi connectivity index (χ1n) is 4.11. The summed E-state index contributed by atoms with van der Waals surface area (Å²) >= 11 is 1.82. The van der Waals surface area contributed by atoms with E-state index >= 15 is 0 Å². The molecule has 0 spiro atoms. The molecule has 54 valence electrons. The molecule has 1 rings (SSSR count). The van der Waals surface area contributed by atoms with E-state index in [-0.39, 0.29) is 0 Å². The fourth-order valence-corrected chi connectivity index (χ4v) is 1.44. The van der Waals surface area contributed by atoms with Crippen molar-refractivity contribution < 1.29 is 1.37 Å². The van der Waals surface area contributed by atoms with Crippen molar-refractivity contribution >= 4 is 11.8 Å². The predicted octanol–water partition coefficient (Wildman–Crippen LogP) is 3.19. The van der Waals surface area contributed by atoms with Gasteiger partial charge >= 0.3 is 0 Å². The van der Waals surface area contributed by atoms with Crippen molar-refractivity contribution in [2.75, 3.05) is 5.75 Å². The lowest BCUT2D eigenvalue weighted by Gasteiger charge is -1.96. The van der Waals surface area contributed by atoms with E-state index in [1.54, 1.807) is 0 Å². The fourth-order valence-electron chi connectivity index (χ4n) is 0.707. The lowest BCUT2D eigenvalue weighted by atomic mass is 10.4. The third kappa shape index (κ3) is 2.44. The summed E-state index contributed by atoms with van der Waals surface area (Å²) in [7, 11) is 0. The molecule has 0 bridgehead atoms. The topological polar surface area (TPSA) is 0 Å². The van der Waals surface area contributed by atoms with Crippen LogP contribution >= 0.6 is 11.8 Å². The number of hydrogen-bond donors (Lipinski definition) is 0. The molecule has 0 fully saturated rings. The molecule has 0 radical (unpaired) electrons. The van der Waals surface area contributed by atoms with Gasteiger partial charge in [0.1, 0.15) is 0 Å². The molecular weight excluding hydrogens is 140 g/mol. The van der Waals surface area contributed by atoms with Crippen LogP contribution in [0.1, 0.15) is 14.7 Å². The van der Waals surface area contributed by atoms with Crippen LogP contribution in [0.15, 0.2) is 35.2 Å². The van der Waals surface area contributed by atoms with Gasteiger partial charge in [0.05, 0.1) is 0 Å². The summed E-state index contributed by atoms with van der Waals surface area (Å²) in [5, 5.41) is 0. The smallest absolute Gasteiger partial charge is 0.0231 e. The van der Waals surface area contributed by atoms with Crippen LogP contribution in [-0.4, -0.2) is 5.75 Å². The van der Waals surface area contributed by atoms with E-state index in [1.165, 1.54) is 4.90 Å². The minimum Gasteiger partial charge on any atom is -0.126 e. The maximum atomic E-state index is 6.96. The summed E-state index contributed by atoms with van der Waals surface area (Å²) in [5.41, 5.74) is 0. The molecule has 0 saturated carbocycles. The Kier molecular flexibility index (Phi) is 2.77. The van der Waals surface area contributed by atoms with Crippen molar-refractivity contribution in [1.29, 1.82) is 0 Å². The highest BCUT2D eigenvalue weighted by Gasteiger charge is 1.87. The lowest BCUT2D eigenvalue weighted by Crippen LogP contribution is -1.73. The Labute approximate surface area is 68.1 Å². The number of rotatable bonds is 3. The van der Waals surface area contributed by atoms with Crippen molar-refractivity contribution in [2.45, 2.75) is 18.2 Å². The Hall–Kier alpha value is -0.430. The first-order chi connectivity index (χ1) is 5.43. The summed E-state index contributed by atoms with van der Waals surface area (Å²) in [5.74, 6) is 1.06. The van der Waals surface area contributed by atoms with Gasteiger partial charge in [-0.3, -0.25) is 0 Å². The standard InChI is InChI=1S/C9H12S/c1-2-8-10-9-6-4-3-5-7-9/h3-7H,2,8H2,1H3/i1D. The molecule has 0 amide bonds. The molecule has 1 heteroatoms. The van der Waals surface area contributed by atoms with E-state index in [2.05, 4.69) is 12.1 Å². The first kappa shape index (κ1) is 6.29. The Morgan fingerprint density at radius 3 is 2.90 bits per heavy atom. The molecule has 1 aromatic rings. The van der Waals surface area contributed by atoms with E-state index in [0.29, 0.717) is 6.90 Å². The van der Waals surface area contributed by atoms with E-state index in [4.69, 9.17) is 1.37 Å². The second-order valence-electron chi connectivity index (χ2n) is 2.02. The second kappa shape index (κ2) is 4.40. The Bertz CT molecular complexity index is 186. The highest BCUT2D eigenvalue weighted by molar-refractivity contribution is 7.99. The quantitative estimate of drug-likeness (QED) is 0.474. The van der Waals surface area contributed by atoms with Gasteiger partial charge in [0.15, 0.2) is 0 Å². The van der Waals surface area contributed by atoms with E-state index in [9.17, 15) is 0 Å². The predicted molar refractivity (Wildman–Crippen MR) is 47.5 cm³/mol. The second-order valence-corrected chi connectivity index (χ2v) is 3.18. The molecule has 0 aliphatic heterocycles. The van der Waals surface area contributed by atoms with Crippen molar-refractivity contribution in [1.82, 2.24) is 0 Å². The zero-order valence-corrected chi connectivity index (χ0v) is 6.73. The van der Waals surface area contributed by atoms with Gasteiger partial charge in [0.25, 0.3) is 0 Å². The minimum absolute atomic E-state index is 0.542. The van der Waals surface area contributed by atoms with Gasteiger partial charge in [-0.15, -0.1) is 11.8 Å². The highest BCUT2D eigenvalue weighted by atomic mass is 32.2. The molecule has 0 aliphatic rings. The van der Waals surface area contributed by atoms with Gasteiger partial charge < -0.3 is 0 Å². The Balaban J connectivity index is 2.28. The van der Waals surface area contributed by atoms with Gasteiger partial charge in [0.2, 0.25) is 0 Å². The van der Waals surface area contributed by atoms with Gasteiger partial charge in [-0.2, -0.15) is 0 Å². The monoisotopic (exact) mass is 153 g/mol. The van der Waals surface area contributed by atoms with Gasteiger partial charge in [-0.05, 0) is 24.3 Å². The van der Waals surface area contributed by atoms with Crippen LogP contribution in [0.5, 0.6) is 0 Å². The van der Waals surface area contributed by atoms with Crippen molar-refractivity contribution in [3.63, 3.8) is 0 Å². The summed E-state index contributed by atoms with van der Waals surface area (Å²) in [6, 6.07) is 10.3. The molecule has 0 aliphatic carbocycles. The van der Waals surface area contributed by atoms with E-state index in [1.807, 2.05) is 30.0 Å². The number of thioether (sulfide) groups is 1. The number of benzene rings is 1. The fraction of sp³-hybridized carbons (Fsp3) is 0.333. The summed E-state index contributed by atoms with van der Waals surface area (Å²) < 4.78 is 6.96.